The van der Waals surface area contributed by atoms with Crippen molar-refractivity contribution in [1.29, 1.82) is 0 Å². The van der Waals surface area contributed by atoms with E-state index in [1.807, 2.05) is 6.92 Å². The smallest absolute Gasteiger partial charge is 0.374 e. The Morgan fingerprint density at radius 3 is 2.75 bits per heavy atom. The number of hydrogen-bond acceptors (Lipinski definition) is 5. The molecule has 1 heterocycles. The zero-order chi connectivity index (χ0) is 17.5. The van der Waals surface area contributed by atoms with Gasteiger partial charge in [0.15, 0.2) is 12.0 Å². The molecule has 0 unspecified atom stereocenters. The van der Waals surface area contributed by atoms with Gasteiger partial charge in [0.05, 0.1) is 5.39 Å². The Bertz CT molecular complexity index is 794. The maximum Gasteiger partial charge on any atom is 0.374 e. The molecule has 0 bridgehead atoms. The van der Waals surface area contributed by atoms with Gasteiger partial charge in [0, 0.05) is 12.6 Å². The van der Waals surface area contributed by atoms with Crippen LogP contribution in [0.1, 0.15) is 42.3 Å². The summed E-state index contributed by atoms with van der Waals surface area (Å²) in [4.78, 5) is 35.6. The second kappa shape index (κ2) is 8.29. The first kappa shape index (κ1) is 17.7. The van der Waals surface area contributed by atoms with Gasteiger partial charge in [-0.05, 0) is 25.5 Å². The molecule has 2 rings (SSSR count). The third kappa shape index (κ3) is 4.68. The lowest BCUT2D eigenvalue weighted by atomic mass is 10.1. The predicted octanol–water partition coefficient (Wildman–Crippen LogP) is 2.56. The van der Waals surface area contributed by atoms with Crippen LogP contribution in [0.4, 0.5) is 0 Å². The van der Waals surface area contributed by atoms with Crippen LogP contribution in [0.15, 0.2) is 33.5 Å². The van der Waals surface area contributed by atoms with E-state index in [-0.39, 0.29) is 17.1 Å². The zero-order valence-electron chi connectivity index (χ0n) is 13.9. The molecule has 0 saturated carbocycles. The summed E-state index contributed by atoms with van der Waals surface area (Å²) in [5, 5.41) is 3.07. The molecule has 0 aliphatic rings. The number of aryl methyl sites for hydroxylation is 1. The summed E-state index contributed by atoms with van der Waals surface area (Å²) in [6, 6.07) is 6.19. The molecule has 0 aliphatic heterocycles. The van der Waals surface area contributed by atoms with Gasteiger partial charge in [0.1, 0.15) is 5.58 Å². The largest absolute Gasteiger partial charge is 0.450 e. The second-order valence-electron chi connectivity index (χ2n) is 5.61. The number of benzene rings is 1. The van der Waals surface area contributed by atoms with Crippen molar-refractivity contribution < 1.29 is 18.7 Å². The summed E-state index contributed by atoms with van der Waals surface area (Å²) in [6.07, 6.45) is 2.97. The molecule has 0 saturated heterocycles. The monoisotopic (exact) mass is 331 g/mol. The van der Waals surface area contributed by atoms with Crippen molar-refractivity contribution >= 4 is 22.8 Å². The first-order valence-corrected chi connectivity index (χ1v) is 7.99. The highest BCUT2D eigenvalue weighted by Crippen LogP contribution is 2.14. The molecule has 6 nitrogen and oxygen atoms in total. The number of amides is 1. The molecule has 1 aromatic carbocycles. The number of ether oxygens (including phenoxy) is 1. The number of carbonyl (C=O) groups excluding carboxylic acids is 2. The summed E-state index contributed by atoms with van der Waals surface area (Å²) >= 11 is 0. The minimum atomic E-state index is -0.835. The van der Waals surface area contributed by atoms with Crippen LogP contribution in [0.2, 0.25) is 0 Å². The van der Waals surface area contributed by atoms with Gasteiger partial charge in [-0.3, -0.25) is 9.59 Å². The fourth-order valence-corrected chi connectivity index (χ4v) is 2.23. The topological polar surface area (TPSA) is 85.6 Å². The summed E-state index contributed by atoms with van der Waals surface area (Å²) in [5.74, 6) is -1.42. The van der Waals surface area contributed by atoms with Crippen LogP contribution in [-0.4, -0.2) is 25.0 Å². The van der Waals surface area contributed by atoms with Crippen LogP contribution in [-0.2, 0) is 9.53 Å². The summed E-state index contributed by atoms with van der Waals surface area (Å²) in [5.41, 5.74) is 0.907. The molecular weight excluding hydrogens is 310 g/mol. The summed E-state index contributed by atoms with van der Waals surface area (Å²) in [7, 11) is 0. The van der Waals surface area contributed by atoms with E-state index in [0.717, 1.165) is 30.9 Å². The SMILES string of the molecule is CCCCCNC(=O)COC(=O)c1cc(=O)c2cc(C)ccc2o1. The van der Waals surface area contributed by atoms with Crippen molar-refractivity contribution in [1.82, 2.24) is 5.32 Å². The first-order valence-electron chi connectivity index (χ1n) is 7.99. The molecule has 0 fully saturated rings. The van der Waals surface area contributed by atoms with E-state index >= 15 is 0 Å². The van der Waals surface area contributed by atoms with E-state index in [0.29, 0.717) is 17.5 Å². The fourth-order valence-electron chi connectivity index (χ4n) is 2.23. The molecule has 0 radical (unpaired) electrons. The Kier molecular flexibility index (Phi) is 6.12. The minimum Gasteiger partial charge on any atom is -0.450 e. The molecule has 0 spiro atoms. The zero-order valence-corrected chi connectivity index (χ0v) is 13.9. The van der Waals surface area contributed by atoms with Crippen molar-refractivity contribution in [3.8, 4) is 0 Å². The van der Waals surface area contributed by atoms with E-state index in [4.69, 9.17) is 9.15 Å². The number of hydrogen-bond donors (Lipinski definition) is 1. The van der Waals surface area contributed by atoms with E-state index < -0.39 is 12.6 Å². The van der Waals surface area contributed by atoms with Crippen LogP contribution in [0.25, 0.3) is 11.0 Å². The fraction of sp³-hybridized carbons (Fsp3) is 0.389. The molecule has 24 heavy (non-hydrogen) atoms. The van der Waals surface area contributed by atoms with Gasteiger partial charge < -0.3 is 14.5 Å². The molecule has 6 heteroatoms. The molecule has 2 aromatic rings. The van der Waals surface area contributed by atoms with Crippen LogP contribution in [0.5, 0.6) is 0 Å². The van der Waals surface area contributed by atoms with Crippen molar-refractivity contribution in [2.75, 3.05) is 13.2 Å². The van der Waals surface area contributed by atoms with Gasteiger partial charge in [-0.2, -0.15) is 0 Å². The summed E-state index contributed by atoms with van der Waals surface area (Å²) < 4.78 is 10.3. The average Bonchev–Trinajstić information content (AvgIpc) is 2.57. The quantitative estimate of drug-likeness (QED) is 0.622. The lowest BCUT2D eigenvalue weighted by molar-refractivity contribution is -0.124. The number of nitrogens with one attached hydrogen (secondary N) is 1. The van der Waals surface area contributed by atoms with Crippen molar-refractivity contribution in [3.63, 3.8) is 0 Å². The Balaban J connectivity index is 1.97. The Hall–Kier alpha value is -2.63. The van der Waals surface area contributed by atoms with Gasteiger partial charge in [-0.15, -0.1) is 0 Å². The Labute approximate surface area is 139 Å². The van der Waals surface area contributed by atoms with E-state index in [1.54, 1.807) is 18.2 Å². The van der Waals surface area contributed by atoms with Gasteiger partial charge >= 0.3 is 5.97 Å². The van der Waals surface area contributed by atoms with E-state index in [2.05, 4.69) is 12.2 Å². The highest BCUT2D eigenvalue weighted by molar-refractivity contribution is 5.90. The maximum absolute atomic E-state index is 12.1. The molecule has 0 atom stereocenters. The second-order valence-corrected chi connectivity index (χ2v) is 5.61. The van der Waals surface area contributed by atoms with E-state index in [9.17, 15) is 14.4 Å². The molecular formula is C18H21NO5. The van der Waals surface area contributed by atoms with Crippen molar-refractivity contribution in [2.24, 2.45) is 0 Å². The predicted molar refractivity (Wildman–Crippen MR) is 90.0 cm³/mol. The maximum atomic E-state index is 12.1. The molecule has 1 aromatic heterocycles. The lowest BCUT2D eigenvalue weighted by Crippen LogP contribution is -2.29. The third-order valence-electron chi connectivity index (χ3n) is 3.52. The highest BCUT2D eigenvalue weighted by atomic mass is 16.5. The average molecular weight is 331 g/mol. The van der Waals surface area contributed by atoms with Crippen molar-refractivity contribution in [3.05, 3.63) is 45.8 Å². The number of rotatable bonds is 7. The van der Waals surface area contributed by atoms with Gasteiger partial charge in [-0.1, -0.05) is 31.4 Å². The molecule has 128 valence electrons. The number of esters is 1. The number of carbonyl (C=O) groups is 2. The normalized spacial score (nSPS) is 10.6. The van der Waals surface area contributed by atoms with Crippen LogP contribution >= 0.6 is 0 Å². The number of unbranched alkanes of at least 4 members (excludes halogenated alkanes) is 2. The van der Waals surface area contributed by atoms with Gasteiger partial charge in [-0.25, -0.2) is 4.79 Å². The lowest BCUT2D eigenvalue weighted by Gasteiger charge is -2.06. The van der Waals surface area contributed by atoms with Crippen LogP contribution in [0, 0.1) is 6.92 Å². The van der Waals surface area contributed by atoms with Crippen LogP contribution in [0.3, 0.4) is 0 Å². The Morgan fingerprint density at radius 2 is 2.00 bits per heavy atom. The summed E-state index contributed by atoms with van der Waals surface area (Å²) in [6.45, 7) is 4.08. The number of fused-ring (bicyclic) bond motifs is 1. The van der Waals surface area contributed by atoms with Gasteiger partial charge in [0.25, 0.3) is 5.91 Å². The third-order valence-corrected chi connectivity index (χ3v) is 3.52. The molecule has 1 amide bonds. The molecule has 0 aliphatic carbocycles. The van der Waals surface area contributed by atoms with E-state index in [1.165, 1.54) is 0 Å². The first-order chi connectivity index (χ1) is 11.5. The van der Waals surface area contributed by atoms with Crippen LogP contribution < -0.4 is 10.7 Å². The highest BCUT2D eigenvalue weighted by Gasteiger charge is 2.15. The minimum absolute atomic E-state index is 0.213. The Morgan fingerprint density at radius 1 is 1.21 bits per heavy atom. The standard InChI is InChI=1S/C18H21NO5/c1-3-4-5-8-19-17(21)11-23-18(22)16-10-14(20)13-9-12(2)6-7-15(13)24-16/h6-7,9-10H,3-5,8,11H2,1-2H3,(H,19,21). The van der Waals surface area contributed by atoms with Crippen molar-refractivity contribution in [2.45, 2.75) is 33.1 Å². The molecule has 1 N–H and O–H groups in total. The van der Waals surface area contributed by atoms with Gasteiger partial charge in [0.2, 0.25) is 5.76 Å².